The lowest BCUT2D eigenvalue weighted by Crippen LogP contribution is -2.43. The zero-order chi connectivity index (χ0) is 9.71. The summed E-state index contributed by atoms with van der Waals surface area (Å²) in [5, 5.41) is 0. The van der Waals surface area contributed by atoms with Crippen LogP contribution < -0.4 is 0 Å². The molecule has 4 heteroatoms. The number of rotatable bonds is 1. The van der Waals surface area contributed by atoms with Crippen LogP contribution in [0, 0.1) is 0 Å². The van der Waals surface area contributed by atoms with E-state index in [-0.39, 0.29) is 10.7 Å². The summed E-state index contributed by atoms with van der Waals surface area (Å²) in [6.45, 7) is 0.909. The first-order valence-corrected chi connectivity index (χ1v) is 6.27. The molecule has 3 heterocycles. The van der Waals surface area contributed by atoms with Gasteiger partial charge in [-0.1, -0.05) is 15.9 Å². The third-order valence-corrected chi connectivity index (χ3v) is 4.50. The maximum Gasteiger partial charge on any atom is 0.236 e. The Hall–Kier alpha value is -0.0900. The van der Waals surface area contributed by atoms with E-state index in [1.54, 1.807) is 0 Å². The van der Waals surface area contributed by atoms with Crippen LogP contribution in [0.3, 0.4) is 0 Å². The minimum atomic E-state index is 0.0571. The molecule has 0 N–H and O–H groups in total. The van der Waals surface area contributed by atoms with Crippen molar-refractivity contribution in [1.29, 1.82) is 0 Å². The number of carbonyl (C=O) groups is 1. The first-order valence-electron chi connectivity index (χ1n) is 5.36. The molecule has 14 heavy (non-hydrogen) atoms. The number of fused-ring (bicyclic) bond motifs is 2. The summed E-state index contributed by atoms with van der Waals surface area (Å²) in [5.41, 5.74) is 0. The predicted molar refractivity (Wildman–Crippen MR) is 55.3 cm³/mol. The standard InChI is InChI=1S/C10H14BrNO2/c11-7-3-4-12(10(7)13)8-5-6-1-2-9(8)14-6/h6-9H,1-5H2. The highest BCUT2D eigenvalue weighted by Gasteiger charge is 2.47. The number of likely N-dealkylation sites (tertiary alicyclic amines) is 1. The predicted octanol–water partition coefficient (Wildman–Crippen LogP) is 1.30. The van der Waals surface area contributed by atoms with Crippen LogP contribution in [0.5, 0.6) is 0 Å². The van der Waals surface area contributed by atoms with Crippen molar-refractivity contribution in [3.05, 3.63) is 0 Å². The molecule has 3 rings (SSSR count). The summed E-state index contributed by atoms with van der Waals surface area (Å²) < 4.78 is 5.77. The Kier molecular flexibility index (Phi) is 2.10. The van der Waals surface area contributed by atoms with E-state index in [0.717, 1.165) is 25.8 Å². The van der Waals surface area contributed by atoms with E-state index < -0.39 is 0 Å². The van der Waals surface area contributed by atoms with E-state index in [9.17, 15) is 4.79 Å². The van der Waals surface area contributed by atoms with E-state index in [1.165, 1.54) is 6.42 Å². The lowest BCUT2D eigenvalue weighted by atomic mass is 9.94. The fraction of sp³-hybridized carbons (Fsp3) is 0.900. The molecule has 78 valence electrons. The molecule has 4 unspecified atom stereocenters. The van der Waals surface area contributed by atoms with Gasteiger partial charge in [0.1, 0.15) is 0 Å². The van der Waals surface area contributed by atoms with Gasteiger partial charge in [-0.25, -0.2) is 0 Å². The van der Waals surface area contributed by atoms with Gasteiger partial charge < -0.3 is 9.64 Å². The maximum atomic E-state index is 11.8. The fourth-order valence-electron chi connectivity index (χ4n) is 2.93. The third kappa shape index (κ3) is 1.23. The van der Waals surface area contributed by atoms with Gasteiger partial charge in [-0.05, 0) is 25.7 Å². The molecule has 1 amide bonds. The van der Waals surface area contributed by atoms with Gasteiger partial charge >= 0.3 is 0 Å². The van der Waals surface area contributed by atoms with Gasteiger partial charge in [0.05, 0.1) is 23.1 Å². The summed E-state index contributed by atoms with van der Waals surface area (Å²) >= 11 is 3.41. The largest absolute Gasteiger partial charge is 0.373 e. The summed E-state index contributed by atoms with van der Waals surface area (Å²) in [6.07, 6.45) is 5.13. The Morgan fingerprint density at radius 2 is 2.21 bits per heavy atom. The lowest BCUT2D eigenvalue weighted by molar-refractivity contribution is -0.130. The van der Waals surface area contributed by atoms with E-state index in [4.69, 9.17) is 4.74 Å². The average Bonchev–Trinajstić information content (AvgIpc) is 2.84. The van der Waals surface area contributed by atoms with Crippen LogP contribution in [-0.2, 0) is 9.53 Å². The second kappa shape index (κ2) is 3.20. The zero-order valence-electron chi connectivity index (χ0n) is 7.99. The number of halogens is 1. The highest BCUT2D eigenvalue weighted by molar-refractivity contribution is 9.10. The third-order valence-electron chi connectivity index (χ3n) is 3.65. The van der Waals surface area contributed by atoms with E-state index in [1.807, 2.05) is 4.90 Å². The Morgan fingerprint density at radius 3 is 2.71 bits per heavy atom. The van der Waals surface area contributed by atoms with Crippen LogP contribution in [0.15, 0.2) is 0 Å². The van der Waals surface area contributed by atoms with Crippen LogP contribution in [0.1, 0.15) is 25.7 Å². The number of hydrogen-bond donors (Lipinski definition) is 0. The molecule has 0 aromatic rings. The number of alkyl halides is 1. The molecule has 0 radical (unpaired) electrons. The molecule has 3 saturated heterocycles. The molecular formula is C10H14BrNO2. The number of carbonyl (C=O) groups excluding carboxylic acids is 1. The van der Waals surface area contributed by atoms with Gasteiger partial charge in [-0.2, -0.15) is 0 Å². The molecule has 4 atom stereocenters. The van der Waals surface area contributed by atoms with Crippen molar-refractivity contribution < 1.29 is 9.53 Å². The molecule has 3 aliphatic heterocycles. The number of ether oxygens (including phenoxy) is 1. The van der Waals surface area contributed by atoms with Crippen LogP contribution in [0.25, 0.3) is 0 Å². The SMILES string of the molecule is O=C1C(Br)CCN1C1CC2CCC1O2. The number of nitrogens with zero attached hydrogens (tertiary/aromatic N) is 1. The molecular weight excluding hydrogens is 246 g/mol. The zero-order valence-corrected chi connectivity index (χ0v) is 9.57. The minimum absolute atomic E-state index is 0.0571. The summed E-state index contributed by atoms with van der Waals surface area (Å²) in [5.74, 6) is 0.270. The molecule has 3 nitrogen and oxygen atoms in total. The highest BCUT2D eigenvalue weighted by atomic mass is 79.9. The first kappa shape index (κ1) is 9.16. The Labute approximate surface area is 91.9 Å². The van der Waals surface area contributed by atoms with Crippen molar-refractivity contribution in [2.45, 2.75) is 48.8 Å². The lowest BCUT2D eigenvalue weighted by Gasteiger charge is -2.29. The number of amides is 1. The van der Waals surface area contributed by atoms with Gasteiger partial charge in [0.2, 0.25) is 5.91 Å². The summed E-state index contributed by atoms with van der Waals surface area (Å²) in [6, 6.07) is 0.379. The number of hydrogen-bond acceptors (Lipinski definition) is 2. The van der Waals surface area contributed by atoms with Gasteiger partial charge in [-0.3, -0.25) is 4.79 Å². The van der Waals surface area contributed by atoms with Crippen LogP contribution in [-0.4, -0.2) is 40.4 Å². The Bertz CT molecular complexity index is 271. The van der Waals surface area contributed by atoms with Crippen LogP contribution in [0.2, 0.25) is 0 Å². The van der Waals surface area contributed by atoms with Crippen molar-refractivity contribution in [2.24, 2.45) is 0 Å². The van der Waals surface area contributed by atoms with Crippen molar-refractivity contribution in [3.63, 3.8) is 0 Å². The molecule has 3 fully saturated rings. The van der Waals surface area contributed by atoms with E-state index in [2.05, 4.69) is 15.9 Å². The second-order valence-corrected chi connectivity index (χ2v) is 5.57. The fourth-order valence-corrected chi connectivity index (χ4v) is 3.40. The van der Waals surface area contributed by atoms with Gasteiger partial charge in [0, 0.05) is 6.54 Å². The van der Waals surface area contributed by atoms with E-state index in [0.29, 0.717) is 18.2 Å². The molecule has 0 spiro atoms. The van der Waals surface area contributed by atoms with Crippen molar-refractivity contribution in [3.8, 4) is 0 Å². The van der Waals surface area contributed by atoms with Crippen molar-refractivity contribution in [1.82, 2.24) is 4.90 Å². The minimum Gasteiger partial charge on any atom is -0.373 e. The average molecular weight is 260 g/mol. The smallest absolute Gasteiger partial charge is 0.236 e. The maximum absolute atomic E-state index is 11.8. The van der Waals surface area contributed by atoms with Crippen molar-refractivity contribution >= 4 is 21.8 Å². The molecule has 2 bridgehead atoms. The van der Waals surface area contributed by atoms with Crippen molar-refractivity contribution in [2.75, 3.05) is 6.54 Å². The first-order chi connectivity index (χ1) is 6.75. The van der Waals surface area contributed by atoms with Gasteiger partial charge in [0.25, 0.3) is 0 Å². The molecule has 0 aliphatic carbocycles. The Balaban J connectivity index is 1.75. The molecule has 0 aromatic heterocycles. The van der Waals surface area contributed by atoms with Crippen LogP contribution >= 0.6 is 15.9 Å². The normalized spacial score (nSPS) is 46.6. The van der Waals surface area contributed by atoms with E-state index >= 15 is 0 Å². The van der Waals surface area contributed by atoms with Gasteiger partial charge in [-0.15, -0.1) is 0 Å². The molecule has 0 aromatic carbocycles. The topological polar surface area (TPSA) is 29.5 Å². The highest BCUT2D eigenvalue weighted by Crippen LogP contribution is 2.39. The second-order valence-electron chi connectivity index (χ2n) is 4.46. The molecule has 0 saturated carbocycles. The quantitative estimate of drug-likeness (QED) is 0.665. The monoisotopic (exact) mass is 259 g/mol. The Morgan fingerprint density at radius 1 is 1.36 bits per heavy atom. The van der Waals surface area contributed by atoms with Gasteiger partial charge in [0.15, 0.2) is 0 Å². The molecule has 3 aliphatic rings. The summed E-state index contributed by atoms with van der Waals surface area (Å²) in [7, 11) is 0. The summed E-state index contributed by atoms with van der Waals surface area (Å²) in [4.78, 5) is 13.9. The van der Waals surface area contributed by atoms with Crippen LogP contribution in [0.4, 0.5) is 0 Å².